The highest BCUT2D eigenvalue weighted by atomic mass is 32.2. The van der Waals surface area contributed by atoms with Crippen LogP contribution in [0, 0.1) is 0 Å². The van der Waals surface area contributed by atoms with Gasteiger partial charge in [-0.1, -0.05) is 92.6 Å². The van der Waals surface area contributed by atoms with Gasteiger partial charge in [0.25, 0.3) is 0 Å². The van der Waals surface area contributed by atoms with E-state index in [9.17, 15) is 31.9 Å². The third-order valence-electron chi connectivity index (χ3n) is 6.96. The molecule has 0 unspecified atom stereocenters. The molecule has 1 aliphatic carbocycles. The molecule has 0 bridgehead atoms. The van der Waals surface area contributed by atoms with Gasteiger partial charge < -0.3 is 15.2 Å². The number of rotatable bonds is 13. The Hall–Kier alpha value is -3.83. The normalized spacial score (nSPS) is 13.7. The fraction of sp³-hybridized carbons (Fsp3) is 0.333. The Balaban J connectivity index is 1.37. The number of halogens is 2. The van der Waals surface area contributed by atoms with E-state index in [-0.39, 0.29) is 31.1 Å². The van der Waals surface area contributed by atoms with Crippen LogP contribution >= 0.6 is 0 Å². The van der Waals surface area contributed by atoms with E-state index in [4.69, 9.17) is 4.74 Å². The van der Waals surface area contributed by atoms with Crippen LogP contribution in [0.1, 0.15) is 54.4 Å². The van der Waals surface area contributed by atoms with Gasteiger partial charge in [0.1, 0.15) is 12.6 Å². The predicted octanol–water partition coefficient (Wildman–Crippen LogP) is 5.81. The molecular weight excluding hydrogens is 556 g/mol. The van der Waals surface area contributed by atoms with E-state index in [0.717, 1.165) is 40.8 Å². The van der Waals surface area contributed by atoms with Gasteiger partial charge in [0.05, 0.1) is 6.61 Å². The molecule has 218 valence electrons. The Kier molecular flexibility index (Phi) is 9.39. The van der Waals surface area contributed by atoms with E-state index in [1.54, 1.807) is 0 Å². The van der Waals surface area contributed by atoms with Crippen molar-refractivity contribution in [2.75, 3.05) is 13.2 Å². The maximum Gasteiger partial charge on any atom is 0.407 e. The molecule has 3 aromatic carbocycles. The summed E-state index contributed by atoms with van der Waals surface area (Å²) in [5, 5.41) is 7.67. The highest BCUT2D eigenvalue weighted by Gasteiger charge is 2.48. The number of hydrogen-bond donors (Lipinski definition) is 2. The molecule has 1 atom stereocenters. The van der Waals surface area contributed by atoms with Gasteiger partial charge in [-0.25, -0.2) is 9.59 Å². The minimum Gasteiger partial charge on any atom is -0.480 e. The van der Waals surface area contributed by atoms with Crippen molar-refractivity contribution in [1.82, 2.24) is 5.32 Å². The van der Waals surface area contributed by atoms with Crippen molar-refractivity contribution in [2.45, 2.75) is 49.8 Å². The topological polar surface area (TPSA) is 119 Å². The number of carbonyl (C=O) groups is 2. The van der Waals surface area contributed by atoms with Crippen LogP contribution < -0.4 is 5.32 Å². The largest absolute Gasteiger partial charge is 0.480 e. The van der Waals surface area contributed by atoms with Crippen molar-refractivity contribution in [3.8, 4) is 11.1 Å². The second kappa shape index (κ2) is 12.8. The van der Waals surface area contributed by atoms with Gasteiger partial charge in [0.15, 0.2) is 0 Å². The van der Waals surface area contributed by atoms with Crippen molar-refractivity contribution in [2.24, 2.45) is 0 Å². The number of alkyl carbamates (subject to hydrolysis) is 1. The Morgan fingerprint density at radius 2 is 1.54 bits per heavy atom. The van der Waals surface area contributed by atoms with Crippen LogP contribution in [0.2, 0.25) is 0 Å². The molecule has 0 saturated carbocycles. The summed E-state index contributed by atoms with van der Waals surface area (Å²) in [6.45, 7) is 1.53. The minimum atomic E-state index is -5.21. The predicted molar refractivity (Wildman–Crippen MR) is 148 cm³/mol. The molecule has 1 aliphatic rings. The third-order valence-corrected chi connectivity index (χ3v) is 8.30. The quantitative estimate of drug-likeness (QED) is 0.191. The molecule has 0 spiro atoms. The minimum absolute atomic E-state index is 0.00896. The number of benzene rings is 3. The van der Waals surface area contributed by atoms with E-state index in [2.05, 4.69) is 9.50 Å². The molecule has 0 heterocycles. The Bertz CT molecular complexity index is 1450. The first kappa shape index (κ1) is 30.1. The maximum absolute atomic E-state index is 14.7. The molecule has 0 radical (unpaired) electrons. The zero-order valence-electron chi connectivity index (χ0n) is 22.4. The molecule has 0 fully saturated rings. The molecular formula is C30H31F2NO7S. The number of amides is 1. The number of fused-ring (bicyclic) bond motifs is 3. The SMILES string of the molecule is CCCCCOS(=O)(=O)C(F)(F)c1ccc(C[C@H](NC(=O)OCC2c3ccccc3-c3ccccc32)C(=O)O)cc1. The Morgan fingerprint density at radius 3 is 2.10 bits per heavy atom. The molecule has 0 aliphatic heterocycles. The summed E-state index contributed by atoms with van der Waals surface area (Å²) in [6.07, 6.45) is 0.567. The standard InChI is InChI=1S/C30H31F2NO7S/c1-2-3-8-17-40-41(37,38)30(31,32)21-15-13-20(14-16-21)18-27(28(34)35)33-29(36)39-19-26-24-11-6-4-9-22(24)23-10-5-7-12-25(23)26/h4-7,9-16,26-27H,2-3,8,17-19H2,1H3,(H,33,36)(H,34,35)/t27-/m0/s1. The van der Waals surface area contributed by atoms with Crippen molar-refractivity contribution in [3.05, 3.63) is 95.1 Å². The first-order chi connectivity index (χ1) is 19.5. The number of carbonyl (C=O) groups excluding carboxylic acids is 1. The second-order valence-electron chi connectivity index (χ2n) is 9.76. The highest BCUT2D eigenvalue weighted by molar-refractivity contribution is 7.87. The van der Waals surface area contributed by atoms with E-state index < -0.39 is 39.0 Å². The first-order valence-corrected chi connectivity index (χ1v) is 14.7. The Morgan fingerprint density at radius 1 is 0.951 bits per heavy atom. The summed E-state index contributed by atoms with van der Waals surface area (Å²) in [6, 6.07) is 18.3. The van der Waals surface area contributed by atoms with Crippen LogP contribution in [0.5, 0.6) is 0 Å². The lowest BCUT2D eigenvalue weighted by molar-refractivity contribution is -0.139. The molecule has 0 aromatic heterocycles. The number of carboxylic acids is 1. The van der Waals surface area contributed by atoms with Gasteiger partial charge in [0.2, 0.25) is 0 Å². The van der Waals surface area contributed by atoms with Crippen molar-refractivity contribution < 1.29 is 40.8 Å². The number of unbranched alkanes of at least 4 members (excludes halogenated alkanes) is 2. The fourth-order valence-electron chi connectivity index (χ4n) is 4.79. The smallest absolute Gasteiger partial charge is 0.407 e. The van der Waals surface area contributed by atoms with Crippen LogP contribution in [0.4, 0.5) is 13.6 Å². The second-order valence-corrected chi connectivity index (χ2v) is 11.4. The lowest BCUT2D eigenvalue weighted by Crippen LogP contribution is -2.42. The average Bonchev–Trinajstić information content (AvgIpc) is 3.27. The summed E-state index contributed by atoms with van der Waals surface area (Å²) < 4.78 is 63.4. The van der Waals surface area contributed by atoms with Gasteiger partial charge in [-0.2, -0.15) is 17.2 Å². The van der Waals surface area contributed by atoms with E-state index >= 15 is 0 Å². The monoisotopic (exact) mass is 587 g/mol. The number of alkyl halides is 2. The van der Waals surface area contributed by atoms with Crippen LogP contribution in [0.25, 0.3) is 11.1 Å². The van der Waals surface area contributed by atoms with Crippen LogP contribution in [0.15, 0.2) is 72.8 Å². The zero-order chi connectivity index (χ0) is 29.6. The molecule has 41 heavy (non-hydrogen) atoms. The van der Waals surface area contributed by atoms with E-state index in [1.165, 1.54) is 12.1 Å². The maximum atomic E-state index is 14.7. The fourth-order valence-corrected chi connectivity index (χ4v) is 5.70. The van der Waals surface area contributed by atoms with Crippen molar-refractivity contribution in [3.63, 3.8) is 0 Å². The Labute approximate surface area is 237 Å². The molecule has 1 amide bonds. The van der Waals surface area contributed by atoms with Crippen LogP contribution in [-0.4, -0.2) is 44.8 Å². The van der Waals surface area contributed by atoms with Crippen molar-refractivity contribution >= 4 is 22.2 Å². The molecule has 0 saturated heterocycles. The number of aliphatic carboxylic acids is 1. The summed E-state index contributed by atoms with van der Waals surface area (Å²) in [5.74, 6) is -1.56. The van der Waals surface area contributed by atoms with Crippen molar-refractivity contribution in [1.29, 1.82) is 0 Å². The summed E-state index contributed by atoms with van der Waals surface area (Å²) >= 11 is 0. The third kappa shape index (κ3) is 6.74. The van der Waals surface area contributed by atoms with E-state index in [1.807, 2.05) is 55.5 Å². The lowest BCUT2D eigenvalue weighted by atomic mass is 9.98. The lowest BCUT2D eigenvalue weighted by Gasteiger charge is -2.19. The number of ether oxygens (including phenoxy) is 1. The van der Waals surface area contributed by atoms with Gasteiger partial charge in [-0.3, -0.25) is 4.18 Å². The van der Waals surface area contributed by atoms with E-state index in [0.29, 0.717) is 12.8 Å². The summed E-state index contributed by atoms with van der Waals surface area (Å²) in [5.41, 5.74) is 3.57. The summed E-state index contributed by atoms with van der Waals surface area (Å²) in [7, 11) is -5.21. The van der Waals surface area contributed by atoms with Crippen LogP contribution in [0.3, 0.4) is 0 Å². The highest BCUT2D eigenvalue weighted by Crippen LogP contribution is 2.44. The van der Waals surface area contributed by atoms with Gasteiger partial charge in [0, 0.05) is 17.9 Å². The molecule has 4 rings (SSSR count). The number of nitrogens with one attached hydrogen (secondary N) is 1. The number of carboxylic acid groups (broad SMARTS) is 1. The van der Waals surface area contributed by atoms with Gasteiger partial charge in [-0.05, 0) is 34.2 Å². The average molecular weight is 588 g/mol. The number of hydrogen-bond acceptors (Lipinski definition) is 6. The molecule has 8 nitrogen and oxygen atoms in total. The van der Waals surface area contributed by atoms with Gasteiger partial charge >= 0.3 is 27.4 Å². The molecule has 2 N–H and O–H groups in total. The zero-order valence-corrected chi connectivity index (χ0v) is 23.2. The van der Waals surface area contributed by atoms with Crippen LogP contribution in [-0.2, 0) is 35.5 Å². The molecule has 11 heteroatoms. The molecule has 3 aromatic rings. The summed E-state index contributed by atoms with van der Waals surface area (Å²) in [4.78, 5) is 24.4. The first-order valence-electron chi connectivity index (χ1n) is 13.3. The van der Waals surface area contributed by atoms with Gasteiger partial charge in [-0.15, -0.1) is 0 Å².